The highest BCUT2D eigenvalue weighted by molar-refractivity contribution is 9.13. The summed E-state index contributed by atoms with van der Waals surface area (Å²) in [7, 11) is -3.51. The number of carbonyl (C=O) groups is 3. The van der Waals surface area contributed by atoms with Crippen molar-refractivity contribution >= 4 is 102 Å². The first-order valence-corrected chi connectivity index (χ1v) is 26.0. The molecule has 1 unspecified atom stereocenters. The monoisotopic (exact) mass is 1230 g/mol. The molecule has 3 aliphatic carbocycles. The molecule has 9 N–H and O–H groups in total. The molecule has 0 spiro atoms. The molecule has 368 valence electrons. The van der Waals surface area contributed by atoms with Gasteiger partial charge in [0.2, 0.25) is 11.6 Å². The number of halogens is 4. The van der Waals surface area contributed by atoms with Crippen LogP contribution in [0.1, 0.15) is 92.5 Å². The quantitative estimate of drug-likeness (QED) is 0.0413. The zero-order valence-corrected chi connectivity index (χ0v) is 44.5. The minimum Gasteiger partial charge on any atom is -0.507 e. The van der Waals surface area contributed by atoms with E-state index in [1.807, 2.05) is 0 Å². The number of nitrogens with one attached hydrogen (secondary N) is 1. The van der Waals surface area contributed by atoms with Crippen molar-refractivity contribution in [3.63, 3.8) is 0 Å². The number of nitrogens with two attached hydrogens (primary N) is 1. The maximum absolute atomic E-state index is 14.7. The second kappa shape index (κ2) is 19.4. The van der Waals surface area contributed by atoms with Crippen molar-refractivity contribution in [2.24, 2.45) is 10.8 Å². The van der Waals surface area contributed by atoms with E-state index in [-0.39, 0.29) is 69.9 Å². The number of phenolic OH excluding ortho intramolecular Hbond substituents is 3. The summed E-state index contributed by atoms with van der Waals surface area (Å²) in [6, 6.07) is 10.9. The van der Waals surface area contributed by atoms with E-state index in [9.17, 15) is 53.4 Å². The predicted octanol–water partition coefficient (Wildman–Crippen LogP) is 6.64. The van der Waals surface area contributed by atoms with Crippen LogP contribution in [-0.4, -0.2) is 106 Å². The van der Waals surface area contributed by atoms with Crippen LogP contribution in [0.25, 0.3) is 5.57 Å². The molecule has 17 nitrogen and oxygen atoms in total. The normalized spacial score (nSPS) is 24.5. The zero-order valence-electron chi connectivity index (χ0n) is 37.3. The number of hydrogen-bond donors (Lipinski definition) is 8. The molecule has 8 rings (SSSR count). The molecule has 0 saturated carbocycles. The van der Waals surface area contributed by atoms with E-state index in [1.165, 1.54) is 43.5 Å². The third kappa shape index (κ3) is 8.71. The number of aliphatic hydroxyl groups excluding tert-OH is 2. The molecule has 6 atom stereocenters. The van der Waals surface area contributed by atoms with Crippen LogP contribution in [0.5, 0.6) is 23.0 Å². The van der Waals surface area contributed by atoms with Gasteiger partial charge in [0.05, 0.1) is 77.2 Å². The van der Waals surface area contributed by atoms with Crippen LogP contribution in [-0.2, 0) is 30.7 Å². The summed E-state index contributed by atoms with van der Waals surface area (Å²) < 4.78 is 48.0. The smallest absolute Gasteiger partial charge is 0.277 e. The molecule has 1 aliphatic heterocycles. The van der Waals surface area contributed by atoms with Crippen molar-refractivity contribution in [1.82, 2.24) is 4.83 Å². The molecule has 4 aromatic carbocycles. The third-order valence-electron chi connectivity index (χ3n) is 13.0. The highest BCUT2D eigenvalue weighted by Crippen LogP contribution is 2.53. The van der Waals surface area contributed by atoms with Gasteiger partial charge in [-0.15, -0.1) is 0 Å². The number of fused-ring (bicyclic) bond motifs is 3. The van der Waals surface area contributed by atoms with Gasteiger partial charge < -0.3 is 50.6 Å². The number of aromatic hydroxyl groups is 3. The summed E-state index contributed by atoms with van der Waals surface area (Å²) >= 11 is 13.6. The van der Waals surface area contributed by atoms with Crippen LogP contribution in [0.3, 0.4) is 0 Å². The first-order chi connectivity index (χ1) is 33.0. The van der Waals surface area contributed by atoms with Crippen molar-refractivity contribution in [3.05, 3.63) is 134 Å². The van der Waals surface area contributed by atoms with Crippen molar-refractivity contribution in [1.29, 1.82) is 0 Å². The van der Waals surface area contributed by atoms with Crippen molar-refractivity contribution in [3.8, 4) is 23.0 Å². The van der Waals surface area contributed by atoms with E-state index in [0.717, 1.165) is 0 Å². The number of carbonyl (C=O) groups excluding carboxylic acids is 3. The number of phenols is 3. The Morgan fingerprint density at radius 1 is 0.943 bits per heavy atom. The van der Waals surface area contributed by atoms with E-state index < -0.39 is 106 Å². The van der Waals surface area contributed by atoms with Gasteiger partial charge in [0, 0.05) is 47.6 Å². The van der Waals surface area contributed by atoms with Gasteiger partial charge in [-0.3, -0.25) is 14.4 Å². The molecule has 22 heteroatoms. The summed E-state index contributed by atoms with van der Waals surface area (Å²) in [5, 5.41) is 73.2. The maximum atomic E-state index is 14.7. The molecule has 0 radical (unpaired) electrons. The molecule has 1 heterocycles. The number of rotatable bonds is 10. The lowest BCUT2D eigenvalue weighted by atomic mass is 9.71. The summed E-state index contributed by atoms with van der Waals surface area (Å²) in [4.78, 5) is 43.2. The maximum Gasteiger partial charge on any atom is 0.277 e. The number of ether oxygens (including phenoxy) is 3. The highest BCUT2D eigenvalue weighted by atomic mass is 79.9. The Morgan fingerprint density at radius 3 is 2.30 bits per heavy atom. The number of ketones is 3. The number of allylic oxidation sites excluding steroid dienone is 5. The van der Waals surface area contributed by atoms with Gasteiger partial charge in [-0.25, -0.2) is 0 Å². The molecule has 0 aromatic heterocycles. The highest BCUT2D eigenvalue weighted by Gasteiger charge is 2.50. The number of hydrogen-bond acceptors (Lipinski definition) is 16. The lowest BCUT2D eigenvalue weighted by Gasteiger charge is -2.43. The molecule has 70 heavy (non-hydrogen) atoms. The molecular formula is C48H43Br4N3O14S. The first kappa shape index (κ1) is 51.8. The Morgan fingerprint density at radius 2 is 1.63 bits per heavy atom. The molecule has 0 bridgehead atoms. The molecular weight excluding hydrogens is 1190 g/mol. The van der Waals surface area contributed by atoms with Crippen LogP contribution in [0.4, 0.5) is 0 Å². The van der Waals surface area contributed by atoms with Gasteiger partial charge in [0.15, 0.2) is 12.1 Å². The van der Waals surface area contributed by atoms with Crippen LogP contribution in [0.15, 0.2) is 93.7 Å². The average Bonchev–Trinajstić information content (AvgIpc) is 3.32. The lowest BCUT2D eigenvalue weighted by Crippen LogP contribution is -2.53. The topological polar surface area (TPSA) is 285 Å². The van der Waals surface area contributed by atoms with Gasteiger partial charge in [-0.1, -0.05) is 30.3 Å². The minimum atomic E-state index is -4.80. The fourth-order valence-corrected chi connectivity index (χ4v) is 12.6. The fourth-order valence-electron chi connectivity index (χ4n) is 9.32. The fraction of sp³-hybridized carbons (Fsp3) is 0.292. The molecule has 0 amide bonds. The standard InChI is InChI=1S/C48H43Br4N3O14S/c1-18-23(12-26(49)44(60)39(18)51)34(24-13-27(50)45(61)40(52)19(24)2)21-8-5-6-11-31(21)70(65,66)55-54-32(17-56)48(64)15-25-36(30(16-48)69-33-14-28(53)41(57)20(3)68-33)47(63)38-37(43(25)59)42(58)22-9-7-10-29(67-4)35(22)46(38)62/h5-13,20,28,30,33,41,55-57,59-60,63-64H,14-17,53H2,1-4H3/b34-24+,54-32+/t20?,28-,30+,33+,41+,48+/m1/s1. The number of hydrazone groups is 1. The Kier molecular flexibility index (Phi) is 14.4. The predicted molar refractivity (Wildman–Crippen MR) is 269 cm³/mol. The number of methoxy groups -OCH3 is 1. The van der Waals surface area contributed by atoms with Crippen molar-refractivity contribution < 1.29 is 67.7 Å². The van der Waals surface area contributed by atoms with Crippen LogP contribution in [0, 0.1) is 6.92 Å². The van der Waals surface area contributed by atoms with E-state index >= 15 is 0 Å². The van der Waals surface area contributed by atoms with Gasteiger partial charge in [-0.2, -0.15) is 18.4 Å². The van der Waals surface area contributed by atoms with Gasteiger partial charge in [0.25, 0.3) is 10.0 Å². The number of benzene rings is 4. The van der Waals surface area contributed by atoms with Crippen molar-refractivity contribution in [2.75, 3.05) is 13.7 Å². The average molecular weight is 1240 g/mol. The minimum absolute atomic E-state index is 0.0335. The van der Waals surface area contributed by atoms with E-state index in [1.54, 1.807) is 39.0 Å². The SMILES string of the molecule is COc1cccc2c1C(=O)c1c(O)c3c(c(O)c1C2=O)C[C@@](O)(/C(CO)=N/NS(=O)(=O)c1ccccc1/C(=C1/C=C(Br)C(=O)C(Br)=C1C)c1cc(Br)c(O)c(Br)c1C)C[C@@H]3O[C@H]1C[C@@H](N)[C@@H](O)C(C)O1. The number of nitrogens with zero attached hydrogens (tertiary/aromatic N) is 1. The van der Waals surface area contributed by atoms with E-state index in [0.29, 0.717) is 32.3 Å². The van der Waals surface area contributed by atoms with Crippen LogP contribution >= 0.6 is 63.7 Å². The molecule has 4 aromatic rings. The lowest BCUT2D eigenvalue weighted by molar-refractivity contribution is -0.245. The molecule has 1 saturated heterocycles. The van der Waals surface area contributed by atoms with E-state index in [4.69, 9.17) is 19.9 Å². The van der Waals surface area contributed by atoms with Crippen LogP contribution in [0.2, 0.25) is 0 Å². The second-order valence-corrected chi connectivity index (χ2v) is 22.1. The van der Waals surface area contributed by atoms with Gasteiger partial charge in [0.1, 0.15) is 28.6 Å². The van der Waals surface area contributed by atoms with Gasteiger partial charge >= 0.3 is 0 Å². The summed E-state index contributed by atoms with van der Waals surface area (Å²) in [6.07, 6.45) is -4.55. The zero-order chi connectivity index (χ0) is 51.0. The second-order valence-electron chi connectivity index (χ2n) is 17.1. The number of aliphatic hydroxyl groups is 3. The Balaban J connectivity index is 1.26. The van der Waals surface area contributed by atoms with E-state index in [2.05, 4.69) is 73.7 Å². The summed E-state index contributed by atoms with van der Waals surface area (Å²) in [5.74, 6) is -3.70. The first-order valence-electron chi connectivity index (χ1n) is 21.3. The summed E-state index contributed by atoms with van der Waals surface area (Å²) in [5.41, 5.74) is 3.53. The molecule has 1 fully saturated rings. The van der Waals surface area contributed by atoms with Gasteiger partial charge in [-0.05, 0) is 137 Å². The van der Waals surface area contributed by atoms with Crippen LogP contribution < -0.4 is 15.3 Å². The molecule has 4 aliphatic rings. The number of sulfonamides is 1. The Labute approximate surface area is 434 Å². The largest absolute Gasteiger partial charge is 0.507 e. The Bertz CT molecular complexity index is 3200. The third-order valence-corrected chi connectivity index (χ3v) is 17.4. The van der Waals surface area contributed by atoms with Crippen molar-refractivity contribution in [2.45, 2.75) is 81.2 Å². The Hall–Kier alpha value is -4.59. The summed E-state index contributed by atoms with van der Waals surface area (Å²) in [6.45, 7) is 3.84. The number of Topliss-reactive ketones (excluding diaryl/α,β-unsaturated/α-hetero) is 1.